The number of hydrogen-bond donors (Lipinski definition) is 2. The number of hydrogen-bond acceptors (Lipinski definition) is 6. The topological polar surface area (TPSA) is 97.0 Å². The van der Waals surface area contributed by atoms with Crippen LogP contribution in [-0.2, 0) is 9.53 Å². The van der Waals surface area contributed by atoms with Crippen molar-refractivity contribution in [3.63, 3.8) is 0 Å². The van der Waals surface area contributed by atoms with Gasteiger partial charge in [0, 0.05) is 31.5 Å². The van der Waals surface area contributed by atoms with Crippen LogP contribution in [0.2, 0.25) is 4.34 Å². The molecule has 2 N–H and O–H groups in total. The lowest BCUT2D eigenvalue weighted by atomic mass is 10.1. The van der Waals surface area contributed by atoms with Crippen molar-refractivity contribution in [2.24, 2.45) is 0 Å². The zero-order valence-electron chi connectivity index (χ0n) is 17.3. The van der Waals surface area contributed by atoms with Crippen LogP contribution in [0.1, 0.15) is 28.8 Å². The molecule has 166 valence electrons. The van der Waals surface area contributed by atoms with Crippen molar-refractivity contribution in [3.05, 3.63) is 45.8 Å². The Balaban J connectivity index is 1.62. The van der Waals surface area contributed by atoms with Crippen LogP contribution in [0.3, 0.4) is 0 Å². The molecule has 3 rings (SSSR count). The molecule has 1 aromatic heterocycles. The third-order valence-electron chi connectivity index (χ3n) is 4.80. The molecule has 1 aliphatic heterocycles. The average Bonchev–Trinajstić information content (AvgIpc) is 3.39. The molecule has 2 aromatic rings. The van der Waals surface area contributed by atoms with Crippen LogP contribution in [-0.4, -0.2) is 55.7 Å². The van der Waals surface area contributed by atoms with E-state index in [2.05, 4.69) is 10.6 Å². The van der Waals surface area contributed by atoms with Gasteiger partial charge in [0.2, 0.25) is 5.91 Å². The van der Waals surface area contributed by atoms with Crippen molar-refractivity contribution in [1.29, 1.82) is 0 Å². The van der Waals surface area contributed by atoms with Crippen LogP contribution < -0.4 is 15.4 Å². The van der Waals surface area contributed by atoms with Crippen LogP contribution >= 0.6 is 22.9 Å². The summed E-state index contributed by atoms with van der Waals surface area (Å²) in [7, 11) is 1.43. The lowest BCUT2D eigenvalue weighted by Crippen LogP contribution is -2.47. The molecule has 8 nitrogen and oxygen atoms in total. The molecule has 0 unspecified atom stereocenters. The Morgan fingerprint density at radius 1 is 1.19 bits per heavy atom. The number of carbonyl (C=O) groups is 3. The molecule has 1 aliphatic rings. The number of rotatable bonds is 7. The van der Waals surface area contributed by atoms with Crippen LogP contribution in [0, 0.1) is 6.92 Å². The summed E-state index contributed by atoms with van der Waals surface area (Å²) in [5, 5.41) is 5.54. The van der Waals surface area contributed by atoms with Gasteiger partial charge in [0.1, 0.15) is 6.04 Å². The third-order valence-corrected chi connectivity index (χ3v) is 5.91. The Morgan fingerprint density at radius 2 is 1.94 bits per heavy atom. The summed E-state index contributed by atoms with van der Waals surface area (Å²) in [6.07, 6.45) is 1.25. The van der Waals surface area contributed by atoms with Gasteiger partial charge in [-0.1, -0.05) is 22.9 Å². The smallest absolute Gasteiger partial charge is 0.399 e. The molecule has 1 fully saturated rings. The number of carbonyl (C=O) groups excluding carboxylic acids is 3. The molecule has 2 heterocycles. The van der Waals surface area contributed by atoms with E-state index in [0.29, 0.717) is 20.7 Å². The van der Waals surface area contributed by atoms with Gasteiger partial charge in [-0.3, -0.25) is 9.59 Å². The Bertz CT molecular complexity index is 958. The standard InChI is InChI=1S/C21H24ClN3O5S/c1-13-11-14(5-6-15(13)20(27)25-9-3-4-10-25)23-19(26)16(12-29-2)24-21(28)30-18-8-7-17(22)31-18/h5-8,11,16H,3-4,9-10,12H2,1-2H3,(H,23,26)(H,24,28)/t16-/m0/s1. The number of nitrogens with zero attached hydrogens (tertiary/aromatic N) is 1. The van der Waals surface area contributed by atoms with E-state index in [0.717, 1.165) is 42.8 Å². The fourth-order valence-corrected chi connectivity index (χ4v) is 4.14. The highest BCUT2D eigenvalue weighted by Crippen LogP contribution is 2.28. The minimum Gasteiger partial charge on any atom is -0.399 e. The molecule has 0 bridgehead atoms. The van der Waals surface area contributed by atoms with Gasteiger partial charge >= 0.3 is 6.09 Å². The van der Waals surface area contributed by atoms with Crippen molar-refractivity contribution in [2.75, 3.05) is 32.1 Å². The zero-order chi connectivity index (χ0) is 22.4. The highest BCUT2D eigenvalue weighted by molar-refractivity contribution is 7.17. The lowest BCUT2D eigenvalue weighted by Gasteiger charge is -2.19. The molecule has 0 saturated carbocycles. The SMILES string of the molecule is COC[C@H](NC(=O)Oc1ccc(Cl)s1)C(=O)Nc1ccc(C(=O)N2CCCC2)c(C)c1. The first-order chi connectivity index (χ1) is 14.9. The number of ether oxygens (including phenoxy) is 2. The zero-order valence-corrected chi connectivity index (χ0v) is 18.8. The van der Waals surface area contributed by atoms with E-state index in [1.165, 1.54) is 7.11 Å². The van der Waals surface area contributed by atoms with Gasteiger partial charge in [0.15, 0.2) is 5.06 Å². The van der Waals surface area contributed by atoms with Gasteiger partial charge in [-0.15, -0.1) is 0 Å². The predicted molar refractivity (Wildman–Crippen MR) is 119 cm³/mol. The molecule has 1 atom stereocenters. The van der Waals surface area contributed by atoms with Gasteiger partial charge in [0.05, 0.1) is 10.9 Å². The van der Waals surface area contributed by atoms with Gasteiger partial charge < -0.3 is 25.0 Å². The van der Waals surface area contributed by atoms with Crippen molar-refractivity contribution in [2.45, 2.75) is 25.8 Å². The molecule has 0 aliphatic carbocycles. The first-order valence-corrected chi connectivity index (χ1v) is 11.0. The lowest BCUT2D eigenvalue weighted by molar-refractivity contribution is -0.119. The molecule has 3 amide bonds. The average molecular weight is 466 g/mol. The fourth-order valence-electron chi connectivity index (χ4n) is 3.27. The number of benzene rings is 1. The number of amides is 3. The molecule has 0 radical (unpaired) electrons. The van der Waals surface area contributed by atoms with E-state index in [1.807, 2.05) is 11.8 Å². The van der Waals surface area contributed by atoms with Gasteiger partial charge in [-0.25, -0.2) is 4.79 Å². The number of anilines is 1. The second-order valence-electron chi connectivity index (χ2n) is 7.12. The van der Waals surface area contributed by atoms with E-state index in [-0.39, 0.29) is 12.5 Å². The van der Waals surface area contributed by atoms with Crippen LogP contribution in [0.25, 0.3) is 0 Å². The Labute approximate surface area is 189 Å². The normalized spacial score (nSPS) is 14.2. The highest BCUT2D eigenvalue weighted by Gasteiger charge is 2.24. The highest BCUT2D eigenvalue weighted by atomic mass is 35.5. The van der Waals surface area contributed by atoms with Gasteiger partial charge in [0.25, 0.3) is 5.91 Å². The quantitative estimate of drug-likeness (QED) is 0.650. The van der Waals surface area contributed by atoms with Crippen molar-refractivity contribution in [1.82, 2.24) is 10.2 Å². The molecule has 31 heavy (non-hydrogen) atoms. The van der Waals surface area contributed by atoms with Crippen molar-refractivity contribution in [3.8, 4) is 5.06 Å². The predicted octanol–water partition coefficient (Wildman–Crippen LogP) is 3.69. The van der Waals surface area contributed by atoms with Crippen LogP contribution in [0.4, 0.5) is 10.5 Å². The summed E-state index contributed by atoms with van der Waals surface area (Å²) < 4.78 is 10.7. The number of likely N-dealkylation sites (tertiary alicyclic amines) is 1. The number of halogens is 1. The number of nitrogens with one attached hydrogen (secondary N) is 2. The van der Waals surface area contributed by atoms with E-state index < -0.39 is 18.0 Å². The maximum Gasteiger partial charge on any atom is 0.414 e. The van der Waals surface area contributed by atoms with E-state index in [9.17, 15) is 14.4 Å². The molecule has 1 saturated heterocycles. The molecule has 1 aromatic carbocycles. The number of thiophene rings is 1. The fraction of sp³-hybridized carbons (Fsp3) is 0.381. The first kappa shape index (κ1) is 23.1. The van der Waals surface area contributed by atoms with Crippen molar-refractivity contribution >= 4 is 46.5 Å². The van der Waals surface area contributed by atoms with Crippen molar-refractivity contribution < 1.29 is 23.9 Å². The maximum atomic E-state index is 12.7. The molecular formula is C21H24ClN3O5S. The summed E-state index contributed by atoms with van der Waals surface area (Å²) in [5.41, 5.74) is 1.89. The molecule has 10 heteroatoms. The van der Waals surface area contributed by atoms with Gasteiger partial charge in [-0.05, 0) is 55.7 Å². The monoisotopic (exact) mass is 465 g/mol. The van der Waals surface area contributed by atoms with E-state index in [4.69, 9.17) is 21.1 Å². The second kappa shape index (κ2) is 10.6. The summed E-state index contributed by atoms with van der Waals surface area (Å²) in [4.78, 5) is 39.3. The van der Waals surface area contributed by atoms with Gasteiger partial charge in [-0.2, -0.15) is 0 Å². The van der Waals surface area contributed by atoms with E-state index >= 15 is 0 Å². The van der Waals surface area contributed by atoms with Crippen LogP contribution in [0.5, 0.6) is 5.06 Å². The summed E-state index contributed by atoms with van der Waals surface area (Å²) in [6, 6.07) is 7.31. The maximum absolute atomic E-state index is 12.7. The van der Waals surface area contributed by atoms with E-state index in [1.54, 1.807) is 30.3 Å². The minimum absolute atomic E-state index is 0.00299. The first-order valence-electron chi connectivity index (χ1n) is 9.81. The number of methoxy groups -OCH3 is 1. The summed E-state index contributed by atoms with van der Waals surface area (Å²) in [5.74, 6) is -0.468. The Morgan fingerprint density at radius 3 is 2.55 bits per heavy atom. The minimum atomic E-state index is -0.973. The Hall–Kier alpha value is -2.62. The number of aryl methyl sites for hydroxylation is 1. The molecule has 0 spiro atoms. The summed E-state index contributed by atoms with van der Waals surface area (Å²) in [6.45, 7) is 3.33. The molecular weight excluding hydrogens is 442 g/mol. The summed E-state index contributed by atoms with van der Waals surface area (Å²) >= 11 is 6.92. The second-order valence-corrected chi connectivity index (χ2v) is 8.80. The third kappa shape index (κ3) is 6.19. The largest absolute Gasteiger partial charge is 0.414 e. The Kier molecular flexibility index (Phi) is 7.89. The van der Waals surface area contributed by atoms with Crippen LogP contribution in [0.15, 0.2) is 30.3 Å².